The number of rotatable bonds is 9. The Hall–Kier alpha value is -0.890. The molecular formula is C16H28N2. The predicted octanol–water partition coefficient (Wildman–Crippen LogP) is 3.82. The molecule has 2 nitrogen and oxygen atoms in total. The smallest absolute Gasteiger partial charge is 0.0270 e. The molecule has 2 heteroatoms. The highest BCUT2D eigenvalue weighted by atomic mass is 14.9. The molecular weight excluding hydrogens is 220 g/mol. The van der Waals surface area contributed by atoms with Crippen molar-refractivity contribution in [3.8, 4) is 0 Å². The molecule has 102 valence electrons. The molecule has 0 saturated carbocycles. The van der Waals surface area contributed by atoms with Gasteiger partial charge < -0.3 is 5.32 Å². The molecule has 1 rings (SSSR count). The molecule has 1 heterocycles. The molecule has 0 aliphatic carbocycles. The quantitative estimate of drug-likeness (QED) is 0.718. The molecule has 0 aromatic carbocycles. The van der Waals surface area contributed by atoms with E-state index in [0.717, 1.165) is 18.9 Å². The van der Waals surface area contributed by atoms with Crippen LogP contribution < -0.4 is 5.32 Å². The Balaban J connectivity index is 2.54. The molecule has 0 spiro atoms. The van der Waals surface area contributed by atoms with E-state index in [9.17, 15) is 0 Å². The largest absolute Gasteiger partial charge is 0.314 e. The van der Waals surface area contributed by atoms with E-state index in [0.29, 0.717) is 6.04 Å². The minimum atomic E-state index is 0.609. The zero-order valence-electron chi connectivity index (χ0n) is 12.2. The van der Waals surface area contributed by atoms with Crippen molar-refractivity contribution in [2.75, 3.05) is 6.54 Å². The van der Waals surface area contributed by atoms with Gasteiger partial charge in [-0.2, -0.15) is 0 Å². The summed E-state index contributed by atoms with van der Waals surface area (Å²) in [5, 5.41) is 3.70. The molecule has 0 aliphatic heterocycles. The summed E-state index contributed by atoms with van der Waals surface area (Å²) in [7, 11) is 0. The molecule has 0 fully saturated rings. The van der Waals surface area contributed by atoms with Gasteiger partial charge in [0.2, 0.25) is 0 Å². The molecule has 0 saturated heterocycles. The molecule has 1 unspecified atom stereocenters. The summed E-state index contributed by atoms with van der Waals surface area (Å²) in [6, 6.07) is 4.87. The van der Waals surface area contributed by atoms with Gasteiger partial charge in [-0.1, -0.05) is 33.6 Å². The molecule has 0 aliphatic rings. The SMILES string of the molecule is CCCNC(Cc1ccncc1)CC(CC)CC. The molecule has 0 bridgehead atoms. The normalized spacial score (nSPS) is 12.9. The Kier molecular flexibility index (Phi) is 7.66. The third-order valence-electron chi connectivity index (χ3n) is 3.69. The van der Waals surface area contributed by atoms with E-state index >= 15 is 0 Å². The number of pyridine rings is 1. The van der Waals surface area contributed by atoms with Crippen molar-refractivity contribution in [2.45, 2.75) is 58.9 Å². The van der Waals surface area contributed by atoms with Gasteiger partial charge in [0.25, 0.3) is 0 Å². The second-order valence-corrected chi connectivity index (χ2v) is 5.13. The third kappa shape index (κ3) is 5.63. The van der Waals surface area contributed by atoms with Gasteiger partial charge in [-0.3, -0.25) is 4.98 Å². The maximum Gasteiger partial charge on any atom is 0.0270 e. The van der Waals surface area contributed by atoms with Gasteiger partial charge in [0.05, 0.1) is 0 Å². The second kappa shape index (κ2) is 9.09. The lowest BCUT2D eigenvalue weighted by atomic mass is 9.91. The Labute approximate surface area is 112 Å². The van der Waals surface area contributed by atoms with Gasteiger partial charge in [-0.25, -0.2) is 0 Å². The van der Waals surface area contributed by atoms with Crippen molar-refractivity contribution in [3.63, 3.8) is 0 Å². The zero-order valence-corrected chi connectivity index (χ0v) is 12.2. The number of nitrogens with one attached hydrogen (secondary N) is 1. The van der Waals surface area contributed by atoms with Crippen molar-refractivity contribution in [2.24, 2.45) is 5.92 Å². The minimum Gasteiger partial charge on any atom is -0.314 e. The van der Waals surface area contributed by atoms with Crippen LogP contribution in [-0.2, 0) is 6.42 Å². The summed E-state index contributed by atoms with van der Waals surface area (Å²) in [5.74, 6) is 0.848. The first kappa shape index (κ1) is 15.2. The predicted molar refractivity (Wildman–Crippen MR) is 78.7 cm³/mol. The summed E-state index contributed by atoms with van der Waals surface area (Å²) < 4.78 is 0. The van der Waals surface area contributed by atoms with Gasteiger partial charge in [-0.15, -0.1) is 0 Å². The molecule has 1 aromatic heterocycles. The average Bonchev–Trinajstić information content (AvgIpc) is 2.42. The van der Waals surface area contributed by atoms with E-state index in [1.54, 1.807) is 0 Å². The van der Waals surface area contributed by atoms with Crippen LogP contribution >= 0.6 is 0 Å². The summed E-state index contributed by atoms with van der Waals surface area (Å²) in [6.07, 6.45) is 9.98. The van der Waals surface area contributed by atoms with E-state index in [4.69, 9.17) is 0 Å². The fourth-order valence-electron chi connectivity index (χ4n) is 2.42. The monoisotopic (exact) mass is 248 g/mol. The maximum atomic E-state index is 4.09. The van der Waals surface area contributed by atoms with Crippen molar-refractivity contribution < 1.29 is 0 Å². The first-order valence-corrected chi connectivity index (χ1v) is 7.42. The third-order valence-corrected chi connectivity index (χ3v) is 3.69. The van der Waals surface area contributed by atoms with Crippen molar-refractivity contribution in [3.05, 3.63) is 30.1 Å². The molecule has 1 aromatic rings. The van der Waals surface area contributed by atoms with Crippen LogP contribution in [0.4, 0.5) is 0 Å². The number of nitrogens with zero attached hydrogens (tertiary/aromatic N) is 1. The lowest BCUT2D eigenvalue weighted by Gasteiger charge is -2.23. The highest BCUT2D eigenvalue weighted by Crippen LogP contribution is 2.17. The molecule has 1 atom stereocenters. The van der Waals surface area contributed by atoms with E-state index in [1.807, 2.05) is 12.4 Å². The van der Waals surface area contributed by atoms with Gasteiger partial charge in [0, 0.05) is 18.4 Å². The topological polar surface area (TPSA) is 24.9 Å². The first-order valence-electron chi connectivity index (χ1n) is 7.42. The summed E-state index contributed by atoms with van der Waals surface area (Å²) in [6.45, 7) is 7.96. The van der Waals surface area contributed by atoms with Gasteiger partial charge in [0.15, 0.2) is 0 Å². The molecule has 0 amide bonds. The maximum absolute atomic E-state index is 4.09. The van der Waals surface area contributed by atoms with E-state index in [2.05, 4.69) is 43.2 Å². The van der Waals surface area contributed by atoms with E-state index < -0.39 is 0 Å². The Morgan fingerprint density at radius 2 is 1.78 bits per heavy atom. The van der Waals surface area contributed by atoms with Gasteiger partial charge in [0.1, 0.15) is 0 Å². The first-order chi connectivity index (χ1) is 8.80. The van der Waals surface area contributed by atoms with Crippen LogP contribution in [0.15, 0.2) is 24.5 Å². The number of hydrogen-bond donors (Lipinski definition) is 1. The van der Waals surface area contributed by atoms with Crippen molar-refractivity contribution in [1.82, 2.24) is 10.3 Å². The lowest BCUT2D eigenvalue weighted by Crippen LogP contribution is -2.33. The van der Waals surface area contributed by atoms with Gasteiger partial charge >= 0.3 is 0 Å². The van der Waals surface area contributed by atoms with Crippen LogP contribution in [0.2, 0.25) is 0 Å². The van der Waals surface area contributed by atoms with Crippen molar-refractivity contribution in [1.29, 1.82) is 0 Å². The van der Waals surface area contributed by atoms with E-state index in [1.165, 1.54) is 31.2 Å². The highest BCUT2D eigenvalue weighted by molar-refractivity contribution is 5.11. The minimum absolute atomic E-state index is 0.609. The summed E-state index contributed by atoms with van der Waals surface area (Å²) in [5.41, 5.74) is 1.39. The second-order valence-electron chi connectivity index (χ2n) is 5.13. The molecule has 1 N–H and O–H groups in total. The van der Waals surface area contributed by atoms with Crippen LogP contribution in [0.1, 0.15) is 52.0 Å². The van der Waals surface area contributed by atoms with Crippen LogP contribution in [0.5, 0.6) is 0 Å². The Bertz CT molecular complexity index is 293. The van der Waals surface area contributed by atoms with E-state index in [-0.39, 0.29) is 0 Å². The zero-order chi connectivity index (χ0) is 13.2. The van der Waals surface area contributed by atoms with Crippen molar-refractivity contribution >= 4 is 0 Å². The standard InChI is InChI=1S/C16H28N2/c1-4-9-18-16(12-14(5-2)6-3)13-15-7-10-17-11-8-15/h7-8,10-11,14,16,18H,4-6,9,12-13H2,1-3H3. The Morgan fingerprint density at radius 3 is 2.33 bits per heavy atom. The number of hydrogen-bond acceptors (Lipinski definition) is 2. The average molecular weight is 248 g/mol. The van der Waals surface area contributed by atoms with Crippen LogP contribution in [-0.4, -0.2) is 17.6 Å². The fraction of sp³-hybridized carbons (Fsp3) is 0.688. The molecule has 0 radical (unpaired) electrons. The van der Waals surface area contributed by atoms with Crippen LogP contribution in [0, 0.1) is 5.92 Å². The fourth-order valence-corrected chi connectivity index (χ4v) is 2.42. The van der Waals surface area contributed by atoms with Crippen LogP contribution in [0.25, 0.3) is 0 Å². The Morgan fingerprint density at radius 1 is 1.11 bits per heavy atom. The highest BCUT2D eigenvalue weighted by Gasteiger charge is 2.14. The number of aromatic nitrogens is 1. The van der Waals surface area contributed by atoms with Crippen LogP contribution in [0.3, 0.4) is 0 Å². The van der Waals surface area contributed by atoms with Gasteiger partial charge in [-0.05, 0) is 49.4 Å². The summed E-state index contributed by atoms with van der Waals surface area (Å²) >= 11 is 0. The molecule has 18 heavy (non-hydrogen) atoms. The summed E-state index contributed by atoms with van der Waals surface area (Å²) in [4.78, 5) is 4.09. The lowest BCUT2D eigenvalue weighted by molar-refractivity contribution is 0.363.